The molecule has 0 saturated carbocycles. The van der Waals surface area contributed by atoms with Crippen molar-refractivity contribution in [1.82, 2.24) is 14.3 Å². The molecule has 0 radical (unpaired) electrons. The summed E-state index contributed by atoms with van der Waals surface area (Å²) in [5.74, 6) is -0.0575. The number of piperidine rings is 1. The molecule has 7 heteroatoms. The Balaban J connectivity index is 1.47. The number of benzene rings is 1. The molecule has 6 nitrogen and oxygen atoms in total. The van der Waals surface area contributed by atoms with Gasteiger partial charge in [0, 0.05) is 42.6 Å². The summed E-state index contributed by atoms with van der Waals surface area (Å²) in [6.07, 6.45) is 4.44. The van der Waals surface area contributed by atoms with Crippen molar-refractivity contribution in [3.8, 4) is 0 Å². The Labute approximate surface area is 174 Å². The molecule has 0 bridgehead atoms. The van der Waals surface area contributed by atoms with Crippen LogP contribution in [0.15, 0.2) is 42.7 Å². The van der Waals surface area contributed by atoms with Crippen LogP contribution in [0.5, 0.6) is 0 Å². The van der Waals surface area contributed by atoms with Crippen LogP contribution in [0.3, 0.4) is 0 Å². The van der Waals surface area contributed by atoms with E-state index in [2.05, 4.69) is 11.1 Å². The predicted molar refractivity (Wildman–Crippen MR) is 113 cm³/mol. The summed E-state index contributed by atoms with van der Waals surface area (Å²) in [6.45, 7) is 3.27. The van der Waals surface area contributed by atoms with Crippen LogP contribution in [-0.4, -0.2) is 44.5 Å². The van der Waals surface area contributed by atoms with E-state index < -0.39 is 6.10 Å². The Morgan fingerprint density at radius 1 is 1.31 bits per heavy atom. The molecule has 1 aliphatic heterocycles. The van der Waals surface area contributed by atoms with Gasteiger partial charge in [0.25, 0.3) is 5.91 Å². The molecule has 2 atom stereocenters. The number of hydrogen-bond acceptors (Lipinski definition) is 4. The summed E-state index contributed by atoms with van der Waals surface area (Å²) in [4.78, 5) is 19.1. The number of halogens is 1. The Morgan fingerprint density at radius 3 is 2.79 bits per heavy atom. The molecule has 3 N–H and O–H groups in total. The lowest BCUT2D eigenvalue weighted by Crippen LogP contribution is -2.47. The van der Waals surface area contributed by atoms with E-state index in [-0.39, 0.29) is 11.8 Å². The van der Waals surface area contributed by atoms with Crippen molar-refractivity contribution in [3.05, 3.63) is 70.1 Å². The van der Waals surface area contributed by atoms with Gasteiger partial charge in [-0.15, -0.1) is 0 Å². The fraction of sp³-hybridized carbons (Fsp3) is 0.364. The number of nitrogens with two attached hydrogens (primary N) is 1. The minimum Gasteiger partial charge on any atom is -0.391 e. The molecular weight excluding hydrogens is 388 g/mol. The number of imidazole rings is 1. The van der Waals surface area contributed by atoms with Gasteiger partial charge >= 0.3 is 0 Å². The van der Waals surface area contributed by atoms with Crippen molar-refractivity contribution in [2.75, 3.05) is 13.1 Å². The van der Waals surface area contributed by atoms with E-state index in [0.717, 1.165) is 24.0 Å². The summed E-state index contributed by atoms with van der Waals surface area (Å²) >= 11 is 6.16. The number of aliphatic hydroxyl groups excluding tert-OH is 1. The first-order chi connectivity index (χ1) is 14.0. The van der Waals surface area contributed by atoms with Crippen LogP contribution < -0.4 is 5.73 Å². The topological polar surface area (TPSA) is 83.9 Å². The fourth-order valence-electron chi connectivity index (χ4n) is 4.07. The summed E-state index contributed by atoms with van der Waals surface area (Å²) in [7, 11) is 0. The number of likely N-dealkylation sites (tertiary alicyclic amines) is 1. The van der Waals surface area contributed by atoms with Gasteiger partial charge in [0.15, 0.2) is 0 Å². The lowest BCUT2D eigenvalue weighted by molar-refractivity contribution is 0.0194. The molecule has 0 spiro atoms. The molecule has 1 saturated heterocycles. The first kappa shape index (κ1) is 19.9. The molecule has 152 valence electrons. The average Bonchev–Trinajstić information content (AvgIpc) is 3.17. The number of nitrogens with zero attached hydrogens (tertiary/aromatic N) is 3. The Hall–Kier alpha value is -2.41. The van der Waals surface area contributed by atoms with Crippen LogP contribution in [0.1, 0.15) is 33.6 Å². The van der Waals surface area contributed by atoms with Gasteiger partial charge < -0.3 is 20.1 Å². The number of rotatable bonds is 4. The van der Waals surface area contributed by atoms with E-state index in [9.17, 15) is 9.90 Å². The van der Waals surface area contributed by atoms with Crippen LogP contribution in [0.4, 0.5) is 0 Å². The van der Waals surface area contributed by atoms with Gasteiger partial charge in [-0.25, -0.2) is 4.98 Å². The van der Waals surface area contributed by atoms with Crippen molar-refractivity contribution in [1.29, 1.82) is 0 Å². The molecule has 2 unspecified atom stereocenters. The van der Waals surface area contributed by atoms with Crippen molar-refractivity contribution in [2.24, 2.45) is 11.7 Å². The number of carbonyl (C=O) groups excluding carboxylic acids is 1. The maximum absolute atomic E-state index is 13.0. The third kappa shape index (κ3) is 3.88. The Morgan fingerprint density at radius 2 is 2.07 bits per heavy atom. The summed E-state index contributed by atoms with van der Waals surface area (Å²) in [5, 5.41) is 11.3. The number of β-amino-alcohol motifs (C(OH)–C–C–N with tert-alkyl or cyclic N) is 1. The number of aliphatic hydroxyl groups is 1. The second kappa shape index (κ2) is 8.14. The number of aryl methyl sites for hydroxylation is 1. The minimum absolute atomic E-state index is 0.105. The van der Waals surface area contributed by atoms with Crippen LogP contribution in [0, 0.1) is 12.8 Å². The van der Waals surface area contributed by atoms with Gasteiger partial charge in [-0.2, -0.15) is 0 Å². The summed E-state index contributed by atoms with van der Waals surface area (Å²) < 4.78 is 1.81. The molecule has 4 rings (SSSR count). The van der Waals surface area contributed by atoms with E-state index in [0.29, 0.717) is 36.0 Å². The SMILES string of the molecule is Cc1c(Cl)ccn2cc(C(=O)N3CCC(Cc4ccccc4CN)C(O)C3)nc12. The van der Waals surface area contributed by atoms with Crippen molar-refractivity contribution in [3.63, 3.8) is 0 Å². The lowest BCUT2D eigenvalue weighted by Gasteiger charge is -2.36. The molecule has 1 aliphatic rings. The second-order valence-corrected chi connectivity index (χ2v) is 8.10. The van der Waals surface area contributed by atoms with Crippen LogP contribution in [0.25, 0.3) is 5.65 Å². The Kier molecular flexibility index (Phi) is 5.58. The average molecular weight is 413 g/mol. The zero-order valence-corrected chi connectivity index (χ0v) is 17.1. The first-order valence-corrected chi connectivity index (χ1v) is 10.2. The molecule has 1 aromatic carbocycles. The highest BCUT2D eigenvalue weighted by Crippen LogP contribution is 2.25. The molecule has 3 aromatic rings. The fourth-order valence-corrected chi connectivity index (χ4v) is 4.21. The van der Waals surface area contributed by atoms with Crippen LogP contribution in [0.2, 0.25) is 5.02 Å². The predicted octanol–water partition coefficient (Wildman–Crippen LogP) is 2.82. The summed E-state index contributed by atoms with van der Waals surface area (Å²) in [5.41, 5.74) is 10.0. The van der Waals surface area contributed by atoms with E-state index in [1.54, 1.807) is 27.8 Å². The summed E-state index contributed by atoms with van der Waals surface area (Å²) in [6, 6.07) is 9.85. The normalized spacial score (nSPS) is 19.7. The van der Waals surface area contributed by atoms with E-state index in [1.165, 1.54) is 5.56 Å². The van der Waals surface area contributed by atoms with E-state index >= 15 is 0 Å². The number of pyridine rings is 1. The van der Waals surface area contributed by atoms with Gasteiger partial charge in [-0.1, -0.05) is 35.9 Å². The molecular formula is C22H25ClN4O2. The molecule has 3 heterocycles. The van der Waals surface area contributed by atoms with Gasteiger partial charge in [0.1, 0.15) is 11.3 Å². The number of carbonyl (C=O) groups is 1. The van der Waals surface area contributed by atoms with Gasteiger partial charge in [-0.05, 0) is 42.9 Å². The number of amides is 1. The van der Waals surface area contributed by atoms with Crippen molar-refractivity contribution >= 4 is 23.2 Å². The Bertz CT molecular complexity index is 1050. The smallest absolute Gasteiger partial charge is 0.274 e. The maximum Gasteiger partial charge on any atom is 0.274 e. The van der Waals surface area contributed by atoms with Crippen LogP contribution in [-0.2, 0) is 13.0 Å². The van der Waals surface area contributed by atoms with Gasteiger partial charge in [-0.3, -0.25) is 4.79 Å². The quantitative estimate of drug-likeness (QED) is 0.690. The molecule has 1 fully saturated rings. The number of hydrogen-bond donors (Lipinski definition) is 2. The van der Waals surface area contributed by atoms with Gasteiger partial charge in [0.05, 0.1) is 6.10 Å². The maximum atomic E-state index is 13.0. The van der Waals surface area contributed by atoms with Crippen molar-refractivity contribution in [2.45, 2.75) is 32.4 Å². The zero-order chi connectivity index (χ0) is 20.5. The largest absolute Gasteiger partial charge is 0.391 e. The highest BCUT2D eigenvalue weighted by Gasteiger charge is 2.32. The van der Waals surface area contributed by atoms with E-state index in [1.807, 2.05) is 25.1 Å². The molecule has 1 amide bonds. The minimum atomic E-state index is -0.577. The molecule has 29 heavy (non-hydrogen) atoms. The monoisotopic (exact) mass is 412 g/mol. The third-order valence-corrected chi connectivity index (χ3v) is 6.27. The zero-order valence-electron chi connectivity index (χ0n) is 16.4. The standard InChI is InChI=1S/C22H25ClN4O2/c1-14-18(23)7-9-26-12-19(25-21(14)26)22(29)27-8-6-16(20(28)13-27)10-15-4-2-3-5-17(15)11-24/h2-5,7,9,12,16,20,28H,6,8,10-11,13,24H2,1H3. The molecule has 0 aliphatic carbocycles. The van der Waals surface area contributed by atoms with Crippen molar-refractivity contribution < 1.29 is 9.90 Å². The highest BCUT2D eigenvalue weighted by atomic mass is 35.5. The van der Waals surface area contributed by atoms with E-state index in [4.69, 9.17) is 17.3 Å². The lowest BCUT2D eigenvalue weighted by atomic mass is 9.86. The highest BCUT2D eigenvalue weighted by molar-refractivity contribution is 6.31. The van der Waals surface area contributed by atoms with Gasteiger partial charge in [0.2, 0.25) is 0 Å². The number of fused-ring (bicyclic) bond motifs is 1. The third-order valence-electron chi connectivity index (χ3n) is 5.86. The molecule has 2 aromatic heterocycles. The second-order valence-electron chi connectivity index (χ2n) is 7.69. The first-order valence-electron chi connectivity index (χ1n) is 9.86. The number of aromatic nitrogens is 2. The van der Waals surface area contributed by atoms with Crippen LogP contribution >= 0.6 is 11.6 Å².